The lowest BCUT2D eigenvalue weighted by Gasteiger charge is -2.36. The molecule has 5 atom stereocenters. The summed E-state index contributed by atoms with van der Waals surface area (Å²) >= 11 is 0. The summed E-state index contributed by atoms with van der Waals surface area (Å²) in [6.07, 6.45) is 2.77. The Morgan fingerprint density at radius 2 is 1.80 bits per heavy atom. The van der Waals surface area contributed by atoms with Crippen molar-refractivity contribution in [2.45, 2.75) is 109 Å². The lowest BCUT2D eigenvalue weighted by atomic mass is 9.85. The third-order valence-electron chi connectivity index (χ3n) is 9.03. The van der Waals surface area contributed by atoms with Crippen LogP contribution in [-0.2, 0) is 29.1 Å². The van der Waals surface area contributed by atoms with E-state index in [0.717, 1.165) is 16.3 Å². The maximum atomic E-state index is 14.4. The van der Waals surface area contributed by atoms with Crippen molar-refractivity contribution in [3.8, 4) is 5.88 Å². The van der Waals surface area contributed by atoms with Gasteiger partial charge in [0.2, 0.25) is 27.7 Å². The van der Waals surface area contributed by atoms with Crippen molar-refractivity contribution in [1.82, 2.24) is 25.2 Å². The van der Waals surface area contributed by atoms with Crippen molar-refractivity contribution >= 4 is 44.6 Å². The van der Waals surface area contributed by atoms with Gasteiger partial charge in [-0.2, -0.15) is 0 Å². The molecule has 2 aromatic rings. The second-order valence-electron chi connectivity index (χ2n) is 15.5. The number of alkyl carbamates (subject to hydrolysis) is 1. The average Bonchev–Trinajstić information content (AvgIpc) is 3.91. The summed E-state index contributed by atoms with van der Waals surface area (Å²) in [6.45, 7) is 16.2. The zero-order valence-corrected chi connectivity index (χ0v) is 30.0. The highest BCUT2D eigenvalue weighted by molar-refractivity contribution is 7.91. The van der Waals surface area contributed by atoms with Crippen LogP contribution in [0.15, 0.2) is 43.1 Å². The smallest absolute Gasteiger partial charge is 0.408 e. The molecule has 2 heterocycles. The largest absolute Gasteiger partial charge is 0.472 e. The molecule has 3 aliphatic rings. The van der Waals surface area contributed by atoms with E-state index in [1.165, 1.54) is 11.0 Å². The molecule has 3 fully saturated rings. The first kappa shape index (κ1) is 36.1. The molecule has 1 aromatic carbocycles. The van der Waals surface area contributed by atoms with Crippen molar-refractivity contribution in [1.29, 1.82) is 0 Å². The molecule has 1 aromatic heterocycles. The predicted molar refractivity (Wildman–Crippen MR) is 183 cm³/mol. The Morgan fingerprint density at radius 3 is 2.39 bits per heavy atom. The fraction of sp³-hybridized carbons (Fsp3) is 0.571. The summed E-state index contributed by atoms with van der Waals surface area (Å²) in [5.41, 5.74) is -2.10. The molecular formula is C35H47N5O8S. The van der Waals surface area contributed by atoms with E-state index in [2.05, 4.69) is 26.9 Å². The number of sulfonamides is 1. The Balaban J connectivity index is 1.44. The maximum absolute atomic E-state index is 14.4. The summed E-state index contributed by atoms with van der Waals surface area (Å²) < 4.78 is 39.2. The number of aromatic nitrogens is 1. The second-order valence-corrected chi connectivity index (χ2v) is 17.4. The standard InChI is InChI=1S/C35H47N5O8S/c1-9-22-18-35(22,31(43)39-49(45,46)24-11-12-24)38-28(41)26-17-23(47-29-25-13-10-20(2)16-21(25)14-15-36-29)19-40(26)30(42)27(33(3,4)5)37-32(44)48-34(6,7)8/h9-10,13-16,22-24,26-27H,1,11-12,17-19H2,2-8H3,(H,37,44)(H,38,41)(H,39,43)/t22?,23-,26+,27-,35-/m1/s1. The van der Waals surface area contributed by atoms with Crippen LogP contribution < -0.4 is 20.1 Å². The van der Waals surface area contributed by atoms with Gasteiger partial charge in [0.25, 0.3) is 5.91 Å². The number of nitrogens with one attached hydrogen (secondary N) is 3. The van der Waals surface area contributed by atoms with E-state index in [9.17, 15) is 27.6 Å². The Labute approximate surface area is 287 Å². The SMILES string of the molecule is C=CC1C[C@]1(NC(=O)[C@@H]1C[C@@H](Oc2nccc3cc(C)ccc23)CN1C(=O)[C@@H](NC(=O)OC(C)(C)C)C(C)(C)C)C(=O)NS(=O)(=O)C1CC1. The maximum Gasteiger partial charge on any atom is 0.408 e. The van der Waals surface area contributed by atoms with E-state index in [4.69, 9.17) is 9.47 Å². The summed E-state index contributed by atoms with van der Waals surface area (Å²) in [7, 11) is -3.89. The first-order chi connectivity index (χ1) is 22.7. The Morgan fingerprint density at radius 1 is 1.10 bits per heavy atom. The highest BCUT2D eigenvalue weighted by Crippen LogP contribution is 2.45. The quantitative estimate of drug-likeness (QED) is 0.314. The number of hydrogen-bond donors (Lipinski definition) is 3. The summed E-state index contributed by atoms with van der Waals surface area (Å²) in [5.74, 6) is -2.21. The Bertz CT molecular complexity index is 1780. The lowest BCUT2D eigenvalue weighted by Crippen LogP contribution is -2.60. The average molecular weight is 698 g/mol. The van der Waals surface area contributed by atoms with Crippen LogP contribution in [-0.4, -0.2) is 83.2 Å². The van der Waals surface area contributed by atoms with E-state index in [-0.39, 0.29) is 19.4 Å². The molecule has 0 bridgehead atoms. The molecule has 3 N–H and O–H groups in total. The molecule has 1 saturated heterocycles. The van der Waals surface area contributed by atoms with Gasteiger partial charge in [-0.25, -0.2) is 18.2 Å². The van der Waals surface area contributed by atoms with Crippen LogP contribution in [0.1, 0.15) is 72.8 Å². The van der Waals surface area contributed by atoms with E-state index in [1.54, 1.807) is 47.7 Å². The van der Waals surface area contributed by atoms with Gasteiger partial charge >= 0.3 is 6.09 Å². The molecule has 13 nitrogen and oxygen atoms in total. The van der Waals surface area contributed by atoms with Crippen LogP contribution in [0.4, 0.5) is 4.79 Å². The topological polar surface area (TPSA) is 173 Å². The molecule has 266 valence electrons. The van der Waals surface area contributed by atoms with Gasteiger partial charge in [-0.05, 0) is 69.9 Å². The van der Waals surface area contributed by atoms with Crippen LogP contribution in [0.3, 0.4) is 0 Å². The summed E-state index contributed by atoms with van der Waals surface area (Å²) in [5, 5.41) is 6.52. The fourth-order valence-electron chi connectivity index (χ4n) is 6.16. The minimum atomic E-state index is -3.89. The Kier molecular flexibility index (Phi) is 9.52. The van der Waals surface area contributed by atoms with Crippen LogP contribution in [0, 0.1) is 18.3 Å². The number of rotatable bonds is 10. The lowest BCUT2D eigenvalue weighted by molar-refractivity contribution is -0.143. The number of fused-ring (bicyclic) bond motifs is 1. The normalized spacial score (nSPS) is 24.5. The molecule has 1 aliphatic heterocycles. The molecule has 49 heavy (non-hydrogen) atoms. The second kappa shape index (κ2) is 12.9. The number of hydrogen-bond acceptors (Lipinski definition) is 9. The minimum absolute atomic E-state index is 0.0242. The van der Waals surface area contributed by atoms with E-state index >= 15 is 0 Å². The van der Waals surface area contributed by atoms with Crippen LogP contribution in [0.25, 0.3) is 10.8 Å². The number of amides is 4. The van der Waals surface area contributed by atoms with E-state index < -0.39 is 79.7 Å². The van der Waals surface area contributed by atoms with Gasteiger partial charge < -0.3 is 25.0 Å². The number of carbonyl (C=O) groups excluding carboxylic acids is 4. The van der Waals surface area contributed by atoms with Gasteiger partial charge in [0.15, 0.2) is 0 Å². The van der Waals surface area contributed by atoms with Crippen molar-refractivity contribution in [3.05, 3.63) is 48.7 Å². The van der Waals surface area contributed by atoms with Gasteiger partial charge in [-0.15, -0.1) is 6.58 Å². The monoisotopic (exact) mass is 697 g/mol. The highest BCUT2D eigenvalue weighted by Gasteiger charge is 2.62. The van der Waals surface area contributed by atoms with Gasteiger partial charge in [0.1, 0.15) is 29.3 Å². The van der Waals surface area contributed by atoms with Crippen LogP contribution in [0.2, 0.25) is 0 Å². The van der Waals surface area contributed by atoms with E-state index in [0.29, 0.717) is 18.7 Å². The Hall–Kier alpha value is -4.20. The van der Waals surface area contributed by atoms with Gasteiger partial charge in [0.05, 0.1) is 11.8 Å². The van der Waals surface area contributed by atoms with Crippen molar-refractivity contribution < 1.29 is 37.1 Å². The fourth-order valence-corrected chi connectivity index (χ4v) is 7.52. The van der Waals surface area contributed by atoms with Gasteiger partial charge in [-0.3, -0.25) is 19.1 Å². The number of benzene rings is 1. The number of pyridine rings is 1. The van der Waals surface area contributed by atoms with E-state index in [1.807, 2.05) is 31.2 Å². The summed E-state index contributed by atoms with van der Waals surface area (Å²) in [6, 6.07) is 5.48. The zero-order chi connectivity index (χ0) is 36.1. The molecule has 14 heteroatoms. The molecule has 0 radical (unpaired) electrons. The third kappa shape index (κ3) is 8.00. The third-order valence-corrected chi connectivity index (χ3v) is 10.9. The molecular weight excluding hydrogens is 650 g/mol. The highest BCUT2D eigenvalue weighted by atomic mass is 32.2. The number of aryl methyl sites for hydroxylation is 1. The minimum Gasteiger partial charge on any atom is -0.472 e. The predicted octanol–water partition coefficient (Wildman–Crippen LogP) is 3.50. The number of likely N-dealkylation sites (tertiary alicyclic amines) is 1. The number of ether oxygens (including phenoxy) is 2. The molecule has 2 saturated carbocycles. The first-order valence-corrected chi connectivity index (χ1v) is 18.1. The van der Waals surface area contributed by atoms with Gasteiger partial charge in [0, 0.05) is 23.9 Å². The van der Waals surface area contributed by atoms with Crippen LogP contribution >= 0.6 is 0 Å². The first-order valence-electron chi connectivity index (χ1n) is 16.6. The van der Waals surface area contributed by atoms with Crippen molar-refractivity contribution in [3.63, 3.8) is 0 Å². The molecule has 2 aliphatic carbocycles. The number of nitrogens with zero attached hydrogens (tertiary/aromatic N) is 2. The summed E-state index contributed by atoms with van der Waals surface area (Å²) in [4.78, 5) is 60.6. The van der Waals surface area contributed by atoms with Crippen molar-refractivity contribution in [2.24, 2.45) is 11.3 Å². The molecule has 4 amide bonds. The van der Waals surface area contributed by atoms with Crippen LogP contribution in [0.5, 0.6) is 5.88 Å². The molecule has 0 spiro atoms. The van der Waals surface area contributed by atoms with Gasteiger partial charge in [-0.1, -0.05) is 44.5 Å². The van der Waals surface area contributed by atoms with Crippen molar-refractivity contribution in [2.75, 3.05) is 6.54 Å². The zero-order valence-electron chi connectivity index (χ0n) is 29.2. The molecule has 5 rings (SSSR count). The molecule has 1 unspecified atom stereocenters. The number of carbonyl (C=O) groups is 4.